The Morgan fingerprint density at radius 1 is 1.24 bits per heavy atom. The minimum atomic E-state index is -1.85. The van der Waals surface area contributed by atoms with Gasteiger partial charge < -0.3 is 14.7 Å². The predicted octanol–water partition coefficient (Wildman–Crippen LogP) is 4.34. The molecule has 0 radical (unpaired) electrons. The number of hydrogen-bond donors (Lipinski definition) is 1. The number of ether oxygens (including phenoxy) is 1. The molecule has 0 saturated heterocycles. The van der Waals surface area contributed by atoms with E-state index in [4.69, 9.17) is 9.72 Å². The molecule has 38 heavy (non-hydrogen) atoms. The number of fused-ring (bicyclic) bond motifs is 5. The van der Waals surface area contributed by atoms with Gasteiger partial charge in [0.15, 0.2) is 11.4 Å². The minimum absolute atomic E-state index is 0.0533. The van der Waals surface area contributed by atoms with Crippen molar-refractivity contribution in [2.24, 2.45) is 5.92 Å². The summed E-state index contributed by atoms with van der Waals surface area (Å²) in [7, 11) is 0. The van der Waals surface area contributed by atoms with Crippen molar-refractivity contribution in [3.8, 4) is 0 Å². The fraction of sp³-hybridized carbons (Fsp3) is 0.484. The molecule has 1 N–H and O–H groups in total. The number of hydrogen-bond acceptors (Lipinski definition) is 6. The summed E-state index contributed by atoms with van der Waals surface area (Å²) in [4.78, 5) is 45.3. The highest BCUT2D eigenvalue weighted by molar-refractivity contribution is 6.02. The third-order valence-corrected chi connectivity index (χ3v) is 8.45. The van der Waals surface area contributed by atoms with E-state index in [1.54, 1.807) is 13.8 Å². The smallest absolute Gasteiger partial charge is 0.343 e. The molecule has 2 heterocycles. The number of benzene rings is 1. The fourth-order valence-corrected chi connectivity index (χ4v) is 6.33. The van der Waals surface area contributed by atoms with Crippen LogP contribution in [0.1, 0.15) is 70.2 Å². The average molecular weight is 517 g/mol. The number of aliphatic hydroxyl groups is 1. The Morgan fingerprint density at radius 3 is 2.71 bits per heavy atom. The summed E-state index contributed by atoms with van der Waals surface area (Å²) in [5, 5.41) is 12.5. The van der Waals surface area contributed by atoms with Crippen LogP contribution in [0.4, 0.5) is 0 Å². The van der Waals surface area contributed by atoms with Crippen LogP contribution in [0.25, 0.3) is 16.5 Å². The van der Waals surface area contributed by atoms with Crippen molar-refractivity contribution in [1.82, 2.24) is 9.88 Å². The van der Waals surface area contributed by atoms with Gasteiger partial charge in [0.2, 0.25) is 5.91 Å². The number of pyridine rings is 1. The normalized spacial score (nSPS) is 23.2. The number of carbonyl (C=O) groups is 3. The van der Waals surface area contributed by atoms with Crippen molar-refractivity contribution in [1.29, 1.82) is 0 Å². The van der Waals surface area contributed by atoms with E-state index in [9.17, 15) is 19.5 Å². The van der Waals surface area contributed by atoms with Gasteiger partial charge in [-0.3, -0.25) is 9.59 Å². The predicted molar refractivity (Wildman–Crippen MR) is 145 cm³/mol. The molecule has 2 aromatic rings. The Morgan fingerprint density at radius 2 is 2.00 bits per heavy atom. The monoisotopic (exact) mass is 516 g/mol. The van der Waals surface area contributed by atoms with Crippen molar-refractivity contribution in [2.45, 2.75) is 77.9 Å². The highest BCUT2D eigenvalue weighted by atomic mass is 16.6. The maximum Gasteiger partial charge on any atom is 0.343 e. The highest BCUT2D eigenvalue weighted by Gasteiger charge is 2.46. The zero-order valence-corrected chi connectivity index (χ0v) is 22.7. The van der Waals surface area contributed by atoms with Crippen molar-refractivity contribution in [3.63, 3.8) is 0 Å². The second kappa shape index (κ2) is 10.1. The first-order valence-corrected chi connectivity index (χ1v) is 13.7. The van der Waals surface area contributed by atoms with Gasteiger partial charge in [-0.25, -0.2) is 9.78 Å². The van der Waals surface area contributed by atoms with Gasteiger partial charge in [-0.2, -0.15) is 0 Å². The van der Waals surface area contributed by atoms with Crippen LogP contribution >= 0.6 is 0 Å². The Hall–Kier alpha value is -3.32. The lowest BCUT2D eigenvalue weighted by Gasteiger charge is -2.33. The number of aromatic nitrogens is 1. The van der Waals surface area contributed by atoms with Gasteiger partial charge in [0, 0.05) is 42.5 Å². The number of Topliss-reactive ketones (excluding diaryl/α,β-unsaturated/α-hetero) is 1. The van der Waals surface area contributed by atoms with Crippen LogP contribution in [0.3, 0.4) is 0 Å². The summed E-state index contributed by atoms with van der Waals surface area (Å²) in [5.41, 5.74) is 3.92. The van der Waals surface area contributed by atoms with Crippen molar-refractivity contribution < 1.29 is 24.2 Å². The largest absolute Gasteiger partial charge is 0.458 e. The Labute approximate surface area is 223 Å². The van der Waals surface area contributed by atoms with E-state index in [2.05, 4.69) is 6.07 Å². The molecule has 2 aliphatic carbocycles. The molecule has 7 nitrogen and oxygen atoms in total. The summed E-state index contributed by atoms with van der Waals surface area (Å²) in [6, 6.07) is 8.18. The zero-order chi connectivity index (χ0) is 27.2. The molecule has 5 rings (SSSR count). The molecule has 3 aliphatic rings. The molecule has 1 unspecified atom stereocenters. The molecule has 2 atom stereocenters. The van der Waals surface area contributed by atoms with Gasteiger partial charge in [0.1, 0.15) is 6.61 Å². The number of amides is 1. The quantitative estimate of drug-likeness (QED) is 0.594. The Bertz CT molecular complexity index is 1390. The number of ketones is 1. The highest BCUT2D eigenvalue weighted by Crippen LogP contribution is 2.43. The summed E-state index contributed by atoms with van der Waals surface area (Å²) < 4.78 is 5.27. The maximum absolute atomic E-state index is 13.2. The molecule has 1 aliphatic heterocycles. The lowest BCUT2D eigenvalue weighted by molar-refractivity contribution is -0.163. The van der Waals surface area contributed by atoms with Gasteiger partial charge in [-0.1, -0.05) is 25.1 Å². The number of nitrogens with zero attached hydrogens (tertiary/aromatic N) is 2. The number of rotatable bonds is 5. The van der Waals surface area contributed by atoms with E-state index in [1.165, 1.54) is 5.56 Å². The maximum atomic E-state index is 13.2. The van der Waals surface area contributed by atoms with Crippen LogP contribution in [0, 0.1) is 5.92 Å². The molecule has 0 spiro atoms. The van der Waals surface area contributed by atoms with E-state index in [1.807, 2.05) is 43.0 Å². The lowest BCUT2D eigenvalue weighted by atomic mass is 9.77. The standard InChI is InChI=1S/C31H36N2O5/c1-5-31(37)26-16-21-14-20(10-11-28(35)25(26)17-38-30(31)36)15-24-22(12-13-33(18(2)3)19(4)34)23-8-6-7-9-27(23)32-29(21)24/h6-9,16,18,20,37H,5,10-15,17H2,1-4H3/t20?,31-/m0/s1. The molecular formula is C31H36N2O5. The summed E-state index contributed by atoms with van der Waals surface area (Å²) in [5.74, 6) is -0.487. The molecule has 1 amide bonds. The number of para-hydroxylation sites is 1. The lowest BCUT2D eigenvalue weighted by Crippen LogP contribution is -2.46. The summed E-state index contributed by atoms with van der Waals surface area (Å²) in [6.45, 7) is 7.89. The van der Waals surface area contributed by atoms with Gasteiger partial charge in [-0.05, 0) is 80.7 Å². The number of cyclic esters (lactones) is 1. The van der Waals surface area contributed by atoms with Crippen LogP contribution in [-0.4, -0.2) is 57.4 Å². The second-order valence-corrected chi connectivity index (χ2v) is 11.1. The van der Waals surface area contributed by atoms with E-state index >= 15 is 0 Å². The molecule has 2 bridgehead atoms. The van der Waals surface area contributed by atoms with Gasteiger partial charge in [0.05, 0.1) is 11.2 Å². The summed E-state index contributed by atoms with van der Waals surface area (Å²) in [6.07, 6.45) is 5.25. The first-order chi connectivity index (χ1) is 18.1. The van der Waals surface area contributed by atoms with Crippen LogP contribution in [0.15, 0.2) is 41.5 Å². The Balaban J connectivity index is 1.71. The SMILES string of the molecule is CC[C@@]1(O)C(=O)OCC2=C1C=C1CC(CCC2=O)Cc2c1nc1ccccc1c2CCN(C(C)=O)C(C)C. The van der Waals surface area contributed by atoms with Crippen LogP contribution in [-0.2, 0) is 32.0 Å². The van der Waals surface area contributed by atoms with Crippen molar-refractivity contribution >= 4 is 34.1 Å². The zero-order valence-electron chi connectivity index (χ0n) is 22.7. The minimum Gasteiger partial charge on any atom is -0.458 e. The Kier molecular flexibility index (Phi) is 6.99. The van der Waals surface area contributed by atoms with E-state index in [-0.39, 0.29) is 36.7 Å². The van der Waals surface area contributed by atoms with Crippen LogP contribution in [0.2, 0.25) is 0 Å². The molecule has 7 heteroatoms. The van der Waals surface area contributed by atoms with E-state index in [0.29, 0.717) is 37.0 Å². The number of carbonyl (C=O) groups excluding carboxylic acids is 3. The molecule has 1 aromatic carbocycles. The average Bonchev–Trinajstić information content (AvgIpc) is 2.94. The molecule has 0 saturated carbocycles. The van der Waals surface area contributed by atoms with Crippen molar-refractivity contribution in [3.05, 3.63) is 58.3 Å². The van der Waals surface area contributed by atoms with Gasteiger partial charge in [-0.15, -0.1) is 0 Å². The van der Waals surface area contributed by atoms with E-state index < -0.39 is 11.6 Å². The number of esters is 1. The summed E-state index contributed by atoms with van der Waals surface area (Å²) >= 11 is 0. The molecule has 1 aromatic heterocycles. The molecule has 200 valence electrons. The number of allylic oxidation sites excluding steroid dienone is 1. The first kappa shape index (κ1) is 26.3. The van der Waals surface area contributed by atoms with Gasteiger partial charge in [0.25, 0.3) is 0 Å². The van der Waals surface area contributed by atoms with Crippen LogP contribution < -0.4 is 0 Å². The van der Waals surface area contributed by atoms with Gasteiger partial charge >= 0.3 is 5.97 Å². The molecule has 0 fully saturated rings. The third-order valence-electron chi connectivity index (χ3n) is 8.45. The molecular weight excluding hydrogens is 480 g/mol. The third kappa shape index (κ3) is 4.47. The van der Waals surface area contributed by atoms with E-state index in [0.717, 1.165) is 40.6 Å². The van der Waals surface area contributed by atoms with Crippen LogP contribution in [0.5, 0.6) is 0 Å². The topological polar surface area (TPSA) is 96.8 Å². The fourth-order valence-electron chi connectivity index (χ4n) is 6.33. The second-order valence-electron chi connectivity index (χ2n) is 11.1. The van der Waals surface area contributed by atoms with Crippen molar-refractivity contribution in [2.75, 3.05) is 13.2 Å². The first-order valence-electron chi connectivity index (χ1n) is 13.7.